The van der Waals surface area contributed by atoms with E-state index in [2.05, 4.69) is 17.1 Å². The van der Waals surface area contributed by atoms with Crippen LogP contribution in [0.2, 0.25) is 0 Å². The van der Waals surface area contributed by atoms with Crippen molar-refractivity contribution in [1.82, 2.24) is 10.2 Å². The van der Waals surface area contributed by atoms with Crippen LogP contribution >= 0.6 is 0 Å². The highest BCUT2D eigenvalue weighted by molar-refractivity contribution is 5.94. The van der Waals surface area contributed by atoms with Gasteiger partial charge in [-0.05, 0) is 44.0 Å². The third kappa shape index (κ3) is 4.23. The van der Waals surface area contributed by atoms with Crippen molar-refractivity contribution in [2.75, 3.05) is 38.1 Å². The van der Waals surface area contributed by atoms with Gasteiger partial charge in [0.05, 0.1) is 0 Å². The molecule has 1 heterocycles. The van der Waals surface area contributed by atoms with Gasteiger partial charge in [-0.15, -0.1) is 0 Å². The van der Waals surface area contributed by atoms with E-state index in [1.165, 1.54) is 0 Å². The molecular weight excluding hydrogens is 278 g/mol. The SMILES string of the molecule is CCN(C)c1ccc(C(=O)NCCCN2CCCC2=O)cc1. The summed E-state index contributed by atoms with van der Waals surface area (Å²) in [7, 11) is 2.02. The van der Waals surface area contributed by atoms with Crippen molar-refractivity contribution in [2.45, 2.75) is 26.2 Å². The zero-order valence-corrected chi connectivity index (χ0v) is 13.5. The number of carbonyl (C=O) groups is 2. The Morgan fingerprint density at radius 1 is 1.32 bits per heavy atom. The summed E-state index contributed by atoms with van der Waals surface area (Å²) < 4.78 is 0. The number of hydrogen-bond donors (Lipinski definition) is 1. The van der Waals surface area contributed by atoms with E-state index in [-0.39, 0.29) is 11.8 Å². The van der Waals surface area contributed by atoms with Gasteiger partial charge in [-0.25, -0.2) is 0 Å². The summed E-state index contributed by atoms with van der Waals surface area (Å²) in [5, 5.41) is 2.91. The van der Waals surface area contributed by atoms with E-state index < -0.39 is 0 Å². The van der Waals surface area contributed by atoms with E-state index in [4.69, 9.17) is 0 Å². The first-order chi connectivity index (χ1) is 10.6. The molecule has 0 spiro atoms. The maximum absolute atomic E-state index is 12.1. The Bertz CT molecular complexity index is 513. The minimum Gasteiger partial charge on any atom is -0.375 e. The standard InChI is InChI=1S/C17H25N3O2/c1-3-19(2)15-9-7-14(8-10-15)17(22)18-11-5-13-20-12-4-6-16(20)21/h7-10H,3-6,11-13H2,1-2H3,(H,18,22). The molecule has 2 amide bonds. The van der Waals surface area contributed by atoms with E-state index in [9.17, 15) is 9.59 Å². The molecule has 5 heteroatoms. The van der Waals surface area contributed by atoms with E-state index in [0.29, 0.717) is 18.5 Å². The molecule has 0 saturated carbocycles. The molecule has 1 fully saturated rings. The molecule has 0 aliphatic carbocycles. The smallest absolute Gasteiger partial charge is 0.251 e. The summed E-state index contributed by atoms with van der Waals surface area (Å²) in [5.41, 5.74) is 1.78. The predicted octanol–water partition coefficient (Wildman–Crippen LogP) is 1.88. The molecule has 1 aromatic rings. The molecule has 0 bridgehead atoms. The first-order valence-electron chi connectivity index (χ1n) is 7.99. The molecule has 0 unspecified atom stereocenters. The Morgan fingerprint density at radius 3 is 2.64 bits per heavy atom. The third-order valence-electron chi connectivity index (χ3n) is 4.11. The molecule has 2 rings (SSSR count). The van der Waals surface area contributed by atoms with E-state index in [0.717, 1.165) is 38.2 Å². The molecule has 22 heavy (non-hydrogen) atoms. The number of benzene rings is 1. The third-order valence-corrected chi connectivity index (χ3v) is 4.11. The Hall–Kier alpha value is -2.04. The minimum atomic E-state index is -0.0570. The Labute approximate surface area is 132 Å². The zero-order chi connectivity index (χ0) is 15.9. The second-order valence-corrected chi connectivity index (χ2v) is 5.65. The van der Waals surface area contributed by atoms with Crippen molar-refractivity contribution >= 4 is 17.5 Å². The fraction of sp³-hybridized carbons (Fsp3) is 0.529. The van der Waals surface area contributed by atoms with E-state index in [1.807, 2.05) is 36.2 Å². The van der Waals surface area contributed by atoms with Crippen LogP contribution in [0.25, 0.3) is 0 Å². The highest BCUT2D eigenvalue weighted by Crippen LogP contribution is 2.13. The fourth-order valence-electron chi connectivity index (χ4n) is 2.56. The largest absolute Gasteiger partial charge is 0.375 e. The zero-order valence-electron chi connectivity index (χ0n) is 13.5. The minimum absolute atomic E-state index is 0.0570. The normalized spacial score (nSPS) is 14.3. The lowest BCUT2D eigenvalue weighted by atomic mass is 10.2. The molecule has 1 saturated heterocycles. The average Bonchev–Trinajstić information content (AvgIpc) is 2.96. The average molecular weight is 303 g/mol. The summed E-state index contributed by atoms with van der Waals surface area (Å²) in [6, 6.07) is 7.62. The molecule has 0 radical (unpaired) electrons. The van der Waals surface area contributed by atoms with Crippen LogP contribution in [0.3, 0.4) is 0 Å². The maximum Gasteiger partial charge on any atom is 0.251 e. The molecule has 1 aliphatic heterocycles. The van der Waals surface area contributed by atoms with E-state index in [1.54, 1.807) is 0 Å². The van der Waals surface area contributed by atoms with Gasteiger partial charge in [-0.2, -0.15) is 0 Å². The summed E-state index contributed by atoms with van der Waals surface area (Å²) in [6.45, 7) is 5.21. The summed E-state index contributed by atoms with van der Waals surface area (Å²) in [6.07, 6.45) is 2.43. The van der Waals surface area contributed by atoms with E-state index >= 15 is 0 Å². The van der Waals surface area contributed by atoms with Gasteiger partial charge >= 0.3 is 0 Å². The monoisotopic (exact) mass is 303 g/mol. The van der Waals surface area contributed by atoms with Crippen LogP contribution in [0.5, 0.6) is 0 Å². The van der Waals surface area contributed by atoms with Crippen molar-refractivity contribution in [3.63, 3.8) is 0 Å². The van der Waals surface area contributed by atoms with Gasteiger partial charge in [-0.3, -0.25) is 9.59 Å². The van der Waals surface area contributed by atoms with Gasteiger partial charge in [-0.1, -0.05) is 0 Å². The number of likely N-dealkylation sites (tertiary alicyclic amines) is 1. The predicted molar refractivity (Wildman–Crippen MR) is 88.2 cm³/mol. The number of nitrogens with zero attached hydrogens (tertiary/aromatic N) is 2. The van der Waals surface area contributed by atoms with Gasteiger partial charge in [0.25, 0.3) is 5.91 Å². The molecular formula is C17H25N3O2. The van der Waals surface area contributed by atoms with Crippen molar-refractivity contribution in [2.24, 2.45) is 0 Å². The van der Waals surface area contributed by atoms with Crippen LogP contribution in [0.15, 0.2) is 24.3 Å². The second-order valence-electron chi connectivity index (χ2n) is 5.65. The highest BCUT2D eigenvalue weighted by Gasteiger charge is 2.19. The first-order valence-corrected chi connectivity index (χ1v) is 7.99. The molecule has 1 aliphatic rings. The van der Waals surface area contributed by atoms with Gasteiger partial charge in [0, 0.05) is 50.9 Å². The lowest BCUT2D eigenvalue weighted by Crippen LogP contribution is -2.30. The number of rotatable bonds is 7. The van der Waals surface area contributed by atoms with Crippen molar-refractivity contribution in [1.29, 1.82) is 0 Å². The highest BCUT2D eigenvalue weighted by atomic mass is 16.2. The Morgan fingerprint density at radius 2 is 2.05 bits per heavy atom. The maximum atomic E-state index is 12.1. The van der Waals surface area contributed by atoms with Crippen LogP contribution in [0, 0.1) is 0 Å². The molecule has 1 aromatic carbocycles. The van der Waals surface area contributed by atoms with Crippen LogP contribution in [-0.4, -0.2) is 49.9 Å². The Kier molecular flexibility index (Phi) is 5.81. The topological polar surface area (TPSA) is 52.7 Å². The number of carbonyl (C=O) groups excluding carboxylic acids is 2. The van der Waals surface area contributed by atoms with Crippen LogP contribution < -0.4 is 10.2 Å². The Balaban J connectivity index is 1.73. The lowest BCUT2D eigenvalue weighted by Gasteiger charge is -2.17. The second kappa shape index (κ2) is 7.82. The van der Waals surface area contributed by atoms with Gasteiger partial charge in [0.15, 0.2) is 0 Å². The first kappa shape index (κ1) is 16.3. The molecule has 1 N–H and O–H groups in total. The number of amides is 2. The summed E-state index contributed by atoms with van der Waals surface area (Å²) in [4.78, 5) is 27.5. The molecule has 0 atom stereocenters. The number of anilines is 1. The molecule has 0 aromatic heterocycles. The van der Waals surface area contributed by atoms with Gasteiger partial charge in [0.1, 0.15) is 0 Å². The van der Waals surface area contributed by atoms with Crippen molar-refractivity contribution in [3.8, 4) is 0 Å². The quantitative estimate of drug-likeness (QED) is 0.783. The van der Waals surface area contributed by atoms with Crippen LogP contribution in [-0.2, 0) is 4.79 Å². The van der Waals surface area contributed by atoms with Crippen molar-refractivity contribution < 1.29 is 9.59 Å². The molecule has 120 valence electrons. The van der Waals surface area contributed by atoms with Gasteiger partial charge in [0.2, 0.25) is 5.91 Å². The number of nitrogens with one attached hydrogen (secondary N) is 1. The van der Waals surface area contributed by atoms with Crippen LogP contribution in [0.4, 0.5) is 5.69 Å². The molecule has 5 nitrogen and oxygen atoms in total. The van der Waals surface area contributed by atoms with Crippen LogP contribution in [0.1, 0.15) is 36.5 Å². The number of hydrogen-bond acceptors (Lipinski definition) is 3. The lowest BCUT2D eigenvalue weighted by molar-refractivity contribution is -0.127. The van der Waals surface area contributed by atoms with Crippen molar-refractivity contribution in [3.05, 3.63) is 29.8 Å². The van der Waals surface area contributed by atoms with Gasteiger partial charge < -0.3 is 15.1 Å². The fourth-order valence-corrected chi connectivity index (χ4v) is 2.56. The summed E-state index contributed by atoms with van der Waals surface area (Å²) in [5.74, 6) is 0.181. The summed E-state index contributed by atoms with van der Waals surface area (Å²) >= 11 is 0.